The Morgan fingerprint density at radius 3 is 2.72 bits per heavy atom. The normalized spacial score (nSPS) is 21.9. The molecule has 2 aromatic heterocycles. The molecule has 2 amide bonds. The molecular formula is C25H34N4O3. The number of amides is 2. The summed E-state index contributed by atoms with van der Waals surface area (Å²) >= 11 is 0. The first-order valence-corrected chi connectivity index (χ1v) is 12.3. The lowest BCUT2D eigenvalue weighted by atomic mass is 9.85. The first-order valence-electron chi connectivity index (χ1n) is 12.3. The lowest BCUT2D eigenvalue weighted by molar-refractivity contribution is -0.147. The molecule has 0 unspecified atom stereocenters. The van der Waals surface area contributed by atoms with Crippen molar-refractivity contribution in [2.24, 2.45) is 5.92 Å². The Morgan fingerprint density at radius 1 is 1.12 bits per heavy atom. The molecule has 0 radical (unpaired) electrons. The summed E-state index contributed by atoms with van der Waals surface area (Å²) < 4.78 is 6.21. The number of hydrogen-bond donors (Lipinski definition) is 1. The minimum absolute atomic E-state index is 0.00309. The molecule has 0 bridgehead atoms. The number of fused-ring (bicyclic) bond motifs is 1. The number of carbonyl (C=O) groups is 2. The number of hydrogen-bond acceptors (Lipinski definition) is 4. The number of ether oxygens (including phenoxy) is 1. The fourth-order valence-electron chi connectivity index (χ4n) is 5.69. The number of nitrogens with zero attached hydrogens (tertiary/aromatic N) is 3. The lowest BCUT2D eigenvalue weighted by Gasteiger charge is -2.47. The summed E-state index contributed by atoms with van der Waals surface area (Å²) in [4.78, 5) is 37.3. The number of carbonyl (C=O) groups excluding carboxylic acids is 2. The summed E-state index contributed by atoms with van der Waals surface area (Å²) in [5, 5.41) is 0. The van der Waals surface area contributed by atoms with Gasteiger partial charge in [0.25, 0.3) is 5.91 Å². The van der Waals surface area contributed by atoms with Gasteiger partial charge in [-0.1, -0.05) is 32.1 Å². The van der Waals surface area contributed by atoms with Crippen molar-refractivity contribution in [1.29, 1.82) is 0 Å². The Morgan fingerprint density at radius 2 is 1.94 bits per heavy atom. The smallest absolute Gasteiger partial charge is 0.270 e. The number of pyridine rings is 1. The van der Waals surface area contributed by atoms with E-state index in [0.717, 1.165) is 49.3 Å². The van der Waals surface area contributed by atoms with Crippen LogP contribution in [0.2, 0.25) is 0 Å². The predicted octanol–water partition coefficient (Wildman–Crippen LogP) is 3.76. The van der Waals surface area contributed by atoms with Crippen LogP contribution in [0, 0.1) is 5.92 Å². The second-order valence-electron chi connectivity index (χ2n) is 9.80. The Hall–Kier alpha value is -2.41. The molecule has 32 heavy (non-hydrogen) atoms. The third kappa shape index (κ3) is 4.53. The molecule has 0 atom stereocenters. The number of nitrogens with one attached hydrogen (secondary N) is 1. The largest absolute Gasteiger partial charge is 0.371 e. The molecule has 1 aliphatic carbocycles. The zero-order valence-corrected chi connectivity index (χ0v) is 18.9. The Labute approximate surface area is 189 Å². The van der Waals surface area contributed by atoms with E-state index in [1.54, 1.807) is 6.20 Å². The van der Waals surface area contributed by atoms with Crippen LogP contribution in [0.15, 0.2) is 24.4 Å². The van der Waals surface area contributed by atoms with E-state index >= 15 is 0 Å². The molecule has 2 saturated heterocycles. The summed E-state index contributed by atoms with van der Waals surface area (Å²) in [6.07, 6.45) is 11.6. The van der Waals surface area contributed by atoms with Crippen LogP contribution in [0.3, 0.4) is 0 Å². The Bertz CT molecular complexity index is 924. The van der Waals surface area contributed by atoms with Gasteiger partial charge in [-0.15, -0.1) is 0 Å². The highest BCUT2D eigenvalue weighted by Gasteiger charge is 2.42. The van der Waals surface area contributed by atoms with E-state index < -0.39 is 0 Å². The molecule has 0 aromatic carbocycles. The zero-order valence-electron chi connectivity index (χ0n) is 18.9. The van der Waals surface area contributed by atoms with Crippen molar-refractivity contribution in [3.63, 3.8) is 0 Å². The first-order chi connectivity index (χ1) is 15.6. The van der Waals surface area contributed by atoms with Crippen molar-refractivity contribution >= 4 is 22.8 Å². The predicted molar refractivity (Wildman–Crippen MR) is 122 cm³/mol. The number of aromatic amines is 1. The van der Waals surface area contributed by atoms with Crippen LogP contribution < -0.4 is 0 Å². The van der Waals surface area contributed by atoms with Gasteiger partial charge in [0.05, 0.1) is 29.8 Å². The van der Waals surface area contributed by atoms with Gasteiger partial charge in [-0.25, -0.2) is 0 Å². The first kappa shape index (κ1) is 21.4. The third-order valence-electron chi connectivity index (χ3n) is 7.67. The highest BCUT2D eigenvalue weighted by Crippen LogP contribution is 2.32. The lowest BCUT2D eigenvalue weighted by Crippen LogP contribution is -2.58. The molecular weight excluding hydrogens is 404 g/mol. The SMILES string of the molecule is O=C(CCC1CCCCC1)N1CCC2(CC1)CN(C(=O)c1cc3ncccc3[nH]1)CCO2. The van der Waals surface area contributed by atoms with E-state index in [9.17, 15) is 9.59 Å². The van der Waals surface area contributed by atoms with Gasteiger partial charge in [0, 0.05) is 32.3 Å². The summed E-state index contributed by atoms with van der Waals surface area (Å²) in [6.45, 7) is 3.16. The summed E-state index contributed by atoms with van der Waals surface area (Å²) in [5.74, 6) is 1.03. The van der Waals surface area contributed by atoms with Gasteiger partial charge in [-0.3, -0.25) is 14.6 Å². The number of likely N-dealkylation sites (tertiary alicyclic amines) is 1. The van der Waals surface area contributed by atoms with Gasteiger partial charge in [-0.2, -0.15) is 0 Å². The van der Waals surface area contributed by atoms with Gasteiger partial charge in [0.2, 0.25) is 5.91 Å². The molecule has 7 heteroatoms. The molecule has 1 saturated carbocycles. The maximum absolute atomic E-state index is 13.2. The van der Waals surface area contributed by atoms with Gasteiger partial charge in [0.1, 0.15) is 5.69 Å². The Balaban J connectivity index is 1.15. The third-order valence-corrected chi connectivity index (χ3v) is 7.67. The molecule has 5 rings (SSSR count). The standard InChI is InChI=1S/C25H34N4O3/c30-23(9-8-19-5-2-1-3-6-19)28-13-10-25(11-14-28)18-29(15-16-32-25)24(31)22-17-21-20(27-22)7-4-12-26-21/h4,7,12,17,19,27H,1-3,5-6,8-11,13-16,18H2. The highest BCUT2D eigenvalue weighted by atomic mass is 16.5. The van der Waals surface area contributed by atoms with E-state index in [2.05, 4.69) is 9.97 Å². The van der Waals surface area contributed by atoms with E-state index in [4.69, 9.17) is 4.74 Å². The van der Waals surface area contributed by atoms with Crippen LogP contribution in [0.4, 0.5) is 0 Å². The van der Waals surface area contributed by atoms with E-state index in [1.165, 1.54) is 32.1 Å². The molecule has 3 fully saturated rings. The molecule has 4 heterocycles. The molecule has 1 N–H and O–H groups in total. The molecule has 2 aromatic rings. The van der Waals surface area contributed by atoms with Crippen LogP contribution in [-0.4, -0.2) is 70.0 Å². The number of aromatic nitrogens is 2. The molecule has 172 valence electrons. The monoisotopic (exact) mass is 438 g/mol. The second kappa shape index (κ2) is 9.22. The number of morpholine rings is 1. The molecule has 7 nitrogen and oxygen atoms in total. The quantitative estimate of drug-likeness (QED) is 0.788. The van der Waals surface area contributed by atoms with Crippen LogP contribution in [0.5, 0.6) is 0 Å². The van der Waals surface area contributed by atoms with Crippen LogP contribution in [0.25, 0.3) is 11.0 Å². The average molecular weight is 439 g/mol. The summed E-state index contributed by atoms with van der Waals surface area (Å²) in [5.41, 5.74) is 1.92. The summed E-state index contributed by atoms with van der Waals surface area (Å²) in [6, 6.07) is 5.62. The minimum Gasteiger partial charge on any atom is -0.371 e. The molecule has 1 spiro atoms. The highest BCUT2D eigenvalue weighted by molar-refractivity contribution is 5.97. The van der Waals surface area contributed by atoms with Gasteiger partial charge < -0.3 is 19.5 Å². The van der Waals surface area contributed by atoms with Gasteiger partial charge in [-0.05, 0) is 43.4 Å². The van der Waals surface area contributed by atoms with Crippen molar-refractivity contribution in [3.05, 3.63) is 30.1 Å². The minimum atomic E-state index is -0.335. The number of piperidine rings is 1. The fourth-order valence-corrected chi connectivity index (χ4v) is 5.69. The van der Waals surface area contributed by atoms with E-state index in [1.807, 2.05) is 28.0 Å². The van der Waals surface area contributed by atoms with Crippen molar-refractivity contribution in [1.82, 2.24) is 19.8 Å². The molecule has 3 aliphatic rings. The fraction of sp³-hybridized carbons (Fsp3) is 0.640. The van der Waals surface area contributed by atoms with Crippen LogP contribution in [-0.2, 0) is 9.53 Å². The second-order valence-corrected chi connectivity index (χ2v) is 9.80. The maximum Gasteiger partial charge on any atom is 0.270 e. The average Bonchev–Trinajstić information content (AvgIpc) is 3.28. The zero-order chi connectivity index (χ0) is 22.0. The van der Waals surface area contributed by atoms with E-state index in [0.29, 0.717) is 37.7 Å². The van der Waals surface area contributed by atoms with Crippen LogP contribution in [0.1, 0.15) is 68.3 Å². The van der Waals surface area contributed by atoms with Crippen molar-refractivity contribution in [2.75, 3.05) is 32.8 Å². The topological polar surface area (TPSA) is 78.5 Å². The Kier molecular flexibility index (Phi) is 6.17. The number of rotatable bonds is 4. The number of H-pyrrole nitrogens is 1. The van der Waals surface area contributed by atoms with Crippen LogP contribution >= 0.6 is 0 Å². The summed E-state index contributed by atoms with van der Waals surface area (Å²) in [7, 11) is 0. The van der Waals surface area contributed by atoms with Crippen molar-refractivity contribution in [2.45, 2.75) is 63.4 Å². The van der Waals surface area contributed by atoms with Crippen molar-refractivity contribution < 1.29 is 14.3 Å². The van der Waals surface area contributed by atoms with Gasteiger partial charge in [0.15, 0.2) is 0 Å². The van der Waals surface area contributed by atoms with E-state index in [-0.39, 0.29) is 11.5 Å². The van der Waals surface area contributed by atoms with Crippen molar-refractivity contribution in [3.8, 4) is 0 Å². The van der Waals surface area contributed by atoms with Gasteiger partial charge >= 0.3 is 0 Å². The maximum atomic E-state index is 13.2. The molecule has 2 aliphatic heterocycles.